The quantitative estimate of drug-likeness (QED) is 0.472. The third-order valence-corrected chi connectivity index (χ3v) is 4.92. The predicted octanol–water partition coefficient (Wildman–Crippen LogP) is 4.02. The van der Waals surface area contributed by atoms with Crippen molar-refractivity contribution in [2.24, 2.45) is 11.8 Å². The van der Waals surface area contributed by atoms with Crippen molar-refractivity contribution in [3.05, 3.63) is 22.3 Å². The van der Waals surface area contributed by atoms with Gasteiger partial charge in [0.15, 0.2) is 0 Å². The zero-order valence-corrected chi connectivity index (χ0v) is 10.7. The SMILES string of the molecule is N#CC(C#N)=C1[C@@H]2CCC[C@H]1C1=C(CCCC1)C2. The molecule has 0 aromatic rings. The molecule has 2 atom stereocenters. The standard InChI is InChI=1S/C16H18N2/c17-9-13(10-18)16-12-5-3-7-15(16)14-6-2-1-4-11(14)8-12/h12,15H,1-8H2/t12-,15+/m1/s1. The third kappa shape index (κ3) is 1.68. The van der Waals surface area contributed by atoms with E-state index in [0.29, 0.717) is 17.4 Å². The topological polar surface area (TPSA) is 47.6 Å². The highest BCUT2D eigenvalue weighted by molar-refractivity contribution is 5.48. The number of allylic oxidation sites excluding steroid dienone is 4. The third-order valence-electron chi connectivity index (χ3n) is 4.92. The second kappa shape index (κ2) is 4.62. The van der Waals surface area contributed by atoms with Crippen LogP contribution in [0.4, 0.5) is 0 Å². The number of fused-ring (bicyclic) bond motifs is 3. The van der Waals surface area contributed by atoms with Crippen molar-refractivity contribution in [3.63, 3.8) is 0 Å². The smallest absolute Gasteiger partial charge is 0.129 e. The van der Waals surface area contributed by atoms with E-state index in [2.05, 4.69) is 12.1 Å². The molecule has 18 heavy (non-hydrogen) atoms. The van der Waals surface area contributed by atoms with Gasteiger partial charge in [-0.05, 0) is 56.4 Å². The Morgan fingerprint density at radius 1 is 1.00 bits per heavy atom. The number of nitrogens with zero attached hydrogens (tertiary/aromatic N) is 2. The monoisotopic (exact) mass is 238 g/mol. The van der Waals surface area contributed by atoms with Gasteiger partial charge in [0.1, 0.15) is 17.7 Å². The van der Waals surface area contributed by atoms with E-state index in [-0.39, 0.29) is 0 Å². The molecule has 1 fully saturated rings. The molecule has 0 amide bonds. The normalized spacial score (nSPS) is 30.2. The van der Waals surface area contributed by atoms with Crippen LogP contribution >= 0.6 is 0 Å². The Bertz CT molecular complexity index is 494. The summed E-state index contributed by atoms with van der Waals surface area (Å²) in [5.41, 5.74) is 4.90. The van der Waals surface area contributed by atoms with Crippen LogP contribution in [0.15, 0.2) is 22.3 Å². The molecule has 0 spiro atoms. The molecule has 2 heteroatoms. The van der Waals surface area contributed by atoms with Crippen LogP contribution in [-0.4, -0.2) is 0 Å². The van der Waals surface area contributed by atoms with Gasteiger partial charge in [-0.3, -0.25) is 0 Å². The minimum Gasteiger partial charge on any atom is -0.192 e. The van der Waals surface area contributed by atoms with Crippen LogP contribution in [0.5, 0.6) is 0 Å². The Hall–Kier alpha value is -1.54. The van der Waals surface area contributed by atoms with Gasteiger partial charge < -0.3 is 0 Å². The van der Waals surface area contributed by atoms with Crippen molar-refractivity contribution in [1.82, 2.24) is 0 Å². The summed E-state index contributed by atoms with van der Waals surface area (Å²) in [4.78, 5) is 0. The van der Waals surface area contributed by atoms with E-state index in [0.717, 1.165) is 12.8 Å². The van der Waals surface area contributed by atoms with Gasteiger partial charge in [0.25, 0.3) is 0 Å². The molecule has 3 aliphatic rings. The lowest BCUT2D eigenvalue weighted by atomic mass is 9.62. The highest BCUT2D eigenvalue weighted by atomic mass is 14.4. The number of nitriles is 2. The molecule has 2 bridgehead atoms. The summed E-state index contributed by atoms with van der Waals surface area (Å²) in [6, 6.07) is 4.28. The van der Waals surface area contributed by atoms with Gasteiger partial charge in [0.05, 0.1) is 0 Å². The molecule has 0 aromatic carbocycles. The van der Waals surface area contributed by atoms with Crippen LogP contribution in [0.3, 0.4) is 0 Å². The Labute approximate surface area is 109 Å². The van der Waals surface area contributed by atoms with E-state index in [9.17, 15) is 10.5 Å². The van der Waals surface area contributed by atoms with Crippen molar-refractivity contribution in [3.8, 4) is 12.1 Å². The molecule has 1 saturated carbocycles. The number of hydrogen-bond donors (Lipinski definition) is 0. The van der Waals surface area contributed by atoms with Gasteiger partial charge >= 0.3 is 0 Å². The fraction of sp³-hybridized carbons (Fsp3) is 0.625. The number of hydrogen-bond acceptors (Lipinski definition) is 2. The summed E-state index contributed by atoms with van der Waals surface area (Å²) in [6.07, 6.45) is 9.84. The zero-order chi connectivity index (χ0) is 12.5. The lowest BCUT2D eigenvalue weighted by molar-refractivity contribution is 0.344. The second-order valence-corrected chi connectivity index (χ2v) is 5.77. The fourth-order valence-corrected chi connectivity index (χ4v) is 4.21. The first kappa shape index (κ1) is 11.5. The van der Waals surface area contributed by atoms with Crippen molar-refractivity contribution < 1.29 is 0 Å². The van der Waals surface area contributed by atoms with Crippen LogP contribution in [0, 0.1) is 34.5 Å². The molecule has 2 nitrogen and oxygen atoms in total. The molecule has 3 rings (SSSR count). The van der Waals surface area contributed by atoms with Crippen molar-refractivity contribution in [2.45, 2.75) is 51.4 Å². The van der Waals surface area contributed by atoms with E-state index < -0.39 is 0 Å². The molecule has 0 heterocycles. The maximum atomic E-state index is 9.18. The molecule has 0 unspecified atom stereocenters. The van der Waals surface area contributed by atoms with E-state index >= 15 is 0 Å². The summed E-state index contributed by atoms with van der Waals surface area (Å²) in [6.45, 7) is 0. The minimum absolute atomic E-state index is 0.418. The molecule has 92 valence electrons. The van der Waals surface area contributed by atoms with Gasteiger partial charge in [-0.2, -0.15) is 10.5 Å². The number of rotatable bonds is 0. The summed E-state index contributed by atoms with van der Waals surface area (Å²) in [7, 11) is 0. The van der Waals surface area contributed by atoms with Gasteiger partial charge in [-0.1, -0.05) is 17.6 Å². The highest BCUT2D eigenvalue weighted by Gasteiger charge is 2.38. The molecular weight excluding hydrogens is 220 g/mol. The van der Waals surface area contributed by atoms with E-state index in [1.807, 2.05) is 0 Å². The summed E-state index contributed by atoms with van der Waals surface area (Å²) < 4.78 is 0. The van der Waals surface area contributed by atoms with Crippen LogP contribution in [0.1, 0.15) is 51.4 Å². The molecule has 0 saturated heterocycles. The van der Waals surface area contributed by atoms with Crippen molar-refractivity contribution in [1.29, 1.82) is 10.5 Å². The average molecular weight is 238 g/mol. The first-order chi connectivity index (χ1) is 8.85. The highest BCUT2D eigenvalue weighted by Crippen LogP contribution is 2.51. The Balaban J connectivity index is 2.10. The van der Waals surface area contributed by atoms with Crippen LogP contribution in [0.25, 0.3) is 0 Å². The minimum atomic E-state index is 0.418. The first-order valence-electron chi connectivity index (χ1n) is 7.10. The molecule has 0 aromatic heterocycles. The van der Waals surface area contributed by atoms with Gasteiger partial charge in [0, 0.05) is 5.92 Å². The lowest BCUT2D eigenvalue weighted by Gasteiger charge is -2.42. The summed E-state index contributed by atoms with van der Waals surface area (Å²) in [5, 5.41) is 18.4. The van der Waals surface area contributed by atoms with Gasteiger partial charge in [0.2, 0.25) is 0 Å². The second-order valence-electron chi connectivity index (χ2n) is 5.77. The van der Waals surface area contributed by atoms with Gasteiger partial charge in [-0.25, -0.2) is 0 Å². The average Bonchev–Trinajstić information content (AvgIpc) is 2.40. The zero-order valence-electron chi connectivity index (χ0n) is 10.7. The lowest BCUT2D eigenvalue weighted by Crippen LogP contribution is -2.29. The van der Waals surface area contributed by atoms with Crippen molar-refractivity contribution >= 4 is 0 Å². The van der Waals surface area contributed by atoms with Crippen molar-refractivity contribution in [2.75, 3.05) is 0 Å². The molecule has 0 N–H and O–H groups in total. The van der Waals surface area contributed by atoms with Crippen LogP contribution < -0.4 is 0 Å². The van der Waals surface area contributed by atoms with E-state index in [4.69, 9.17) is 0 Å². The molecule has 0 aliphatic heterocycles. The molecular formula is C16H18N2. The van der Waals surface area contributed by atoms with Gasteiger partial charge in [-0.15, -0.1) is 0 Å². The van der Waals surface area contributed by atoms with E-state index in [1.165, 1.54) is 44.1 Å². The summed E-state index contributed by atoms with van der Waals surface area (Å²) in [5.74, 6) is 0.942. The first-order valence-corrected chi connectivity index (χ1v) is 7.10. The van der Waals surface area contributed by atoms with Crippen LogP contribution in [0.2, 0.25) is 0 Å². The molecule has 3 aliphatic carbocycles. The maximum Gasteiger partial charge on any atom is 0.129 e. The molecule has 0 radical (unpaired) electrons. The Kier molecular flexibility index (Phi) is 2.96. The fourth-order valence-electron chi connectivity index (χ4n) is 4.21. The largest absolute Gasteiger partial charge is 0.192 e. The van der Waals surface area contributed by atoms with Crippen LogP contribution in [-0.2, 0) is 0 Å². The predicted molar refractivity (Wildman–Crippen MR) is 69.2 cm³/mol. The summed E-state index contributed by atoms with van der Waals surface area (Å²) >= 11 is 0. The Morgan fingerprint density at radius 2 is 1.78 bits per heavy atom. The Morgan fingerprint density at radius 3 is 2.56 bits per heavy atom. The maximum absolute atomic E-state index is 9.18. The van der Waals surface area contributed by atoms with E-state index in [1.54, 1.807) is 11.1 Å².